The van der Waals surface area contributed by atoms with Gasteiger partial charge in [-0.3, -0.25) is 5.10 Å². The van der Waals surface area contributed by atoms with Crippen LogP contribution >= 0.6 is 15.9 Å². The van der Waals surface area contributed by atoms with E-state index >= 15 is 0 Å². The predicted octanol–water partition coefficient (Wildman–Crippen LogP) is 1.98. The van der Waals surface area contributed by atoms with Gasteiger partial charge in [-0.15, -0.1) is 0 Å². The Kier molecular flexibility index (Phi) is 3.31. The van der Waals surface area contributed by atoms with Crippen molar-refractivity contribution in [2.45, 2.75) is 12.5 Å². The monoisotopic (exact) mass is 285 g/mol. The second kappa shape index (κ2) is 4.71. The van der Waals surface area contributed by atoms with Crippen LogP contribution in [-0.2, 0) is 6.42 Å². The van der Waals surface area contributed by atoms with Crippen LogP contribution in [-0.4, -0.2) is 20.3 Å². The van der Waals surface area contributed by atoms with Gasteiger partial charge in [0.25, 0.3) is 0 Å². The molecule has 0 saturated carbocycles. The Morgan fingerprint density at radius 1 is 1.44 bits per heavy atom. The summed E-state index contributed by atoms with van der Waals surface area (Å²) in [6.07, 6.45) is 0.794. The lowest BCUT2D eigenvalue weighted by Gasteiger charge is -2.07. The Bertz CT molecular complexity index is 455. The first kappa shape index (κ1) is 11.2. The molecule has 0 radical (unpaired) electrons. The SMILES string of the molecule is OC(Cc1cc(F)cc(Br)c1)c1ncn[nH]1. The highest BCUT2D eigenvalue weighted by molar-refractivity contribution is 9.10. The maximum Gasteiger partial charge on any atom is 0.153 e. The van der Waals surface area contributed by atoms with Crippen molar-refractivity contribution in [1.82, 2.24) is 15.2 Å². The standard InChI is InChI=1S/C10H9BrFN3O/c11-7-1-6(2-8(12)4-7)3-9(16)10-13-5-14-15-10/h1-2,4-5,9,16H,3H2,(H,13,14,15). The van der Waals surface area contributed by atoms with Crippen LogP contribution in [0, 0.1) is 5.82 Å². The first-order chi connectivity index (χ1) is 7.65. The third-order valence-corrected chi connectivity index (χ3v) is 2.56. The molecule has 4 nitrogen and oxygen atoms in total. The largest absolute Gasteiger partial charge is 0.385 e. The number of hydrogen-bond acceptors (Lipinski definition) is 3. The number of H-pyrrole nitrogens is 1. The fourth-order valence-electron chi connectivity index (χ4n) is 1.42. The van der Waals surface area contributed by atoms with E-state index in [1.807, 2.05) is 0 Å². The van der Waals surface area contributed by atoms with Gasteiger partial charge in [0.1, 0.15) is 18.2 Å². The second-order valence-corrected chi connectivity index (χ2v) is 4.28. The van der Waals surface area contributed by atoms with Crippen LogP contribution in [0.1, 0.15) is 17.5 Å². The second-order valence-electron chi connectivity index (χ2n) is 3.37. The van der Waals surface area contributed by atoms with Gasteiger partial charge in [0.05, 0.1) is 0 Å². The molecule has 0 amide bonds. The van der Waals surface area contributed by atoms with Gasteiger partial charge >= 0.3 is 0 Å². The van der Waals surface area contributed by atoms with E-state index in [9.17, 15) is 9.50 Å². The van der Waals surface area contributed by atoms with Gasteiger partial charge < -0.3 is 5.11 Å². The van der Waals surface area contributed by atoms with Gasteiger partial charge in [-0.05, 0) is 23.8 Å². The number of nitrogens with zero attached hydrogens (tertiary/aromatic N) is 2. The average Bonchev–Trinajstić information content (AvgIpc) is 2.68. The smallest absolute Gasteiger partial charge is 0.153 e. The van der Waals surface area contributed by atoms with E-state index in [4.69, 9.17) is 0 Å². The summed E-state index contributed by atoms with van der Waals surface area (Å²) >= 11 is 3.19. The summed E-state index contributed by atoms with van der Waals surface area (Å²) in [6.45, 7) is 0. The van der Waals surface area contributed by atoms with Crippen molar-refractivity contribution < 1.29 is 9.50 Å². The Labute approximate surface area is 99.7 Å². The summed E-state index contributed by atoms with van der Waals surface area (Å²) < 4.78 is 13.7. The number of halogens is 2. The van der Waals surface area contributed by atoms with Crippen molar-refractivity contribution in [2.75, 3.05) is 0 Å². The van der Waals surface area contributed by atoms with Crippen molar-refractivity contribution in [3.05, 3.63) is 46.2 Å². The molecule has 1 aromatic heterocycles. The number of aromatic nitrogens is 3. The van der Waals surface area contributed by atoms with Crippen LogP contribution in [0.5, 0.6) is 0 Å². The van der Waals surface area contributed by atoms with Crippen LogP contribution in [0.2, 0.25) is 0 Å². The lowest BCUT2D eigenvalue weighted by Crippen LogP contribution is -2.04. The molecule has 1 atom stereocenters. The Morgan fingerprint density at radius 3 is 2.88 bits per heavy atom. The summed E-state index contributed by atoms with van der Waals surface area (Å²) in [4.78, 5) is 3.84. The van der Waals surface area contributed by atoms with Gasteiger partial charge in [-0.2, -0.15) is 5.10 Å². The normalized spacial score (nSPS) is 12.7. The Morgan fingerprint density at radius 2 is 2.25 bits per heavy atom. The number of aliphatic hydroxyl groups excluding tert-OH is 1. The molecule has 0 aliphatic heterocycles. The van der Waals surface area contributed by atoms with E-state index in [0.717, 1.165) is 0 Å². The van der Waals surface area contributed by atoms with E-state index < -0.39 is 6.10 Å². The van der Waals surface area contributed by atoms with Crippen molar-refractivity contribution in [2.24, 2.45) is 0 Å². The third kappa shape index (κ3) is 2.65. The molecule has 2 rings (SSSR count). The molecular weight excluding hydrogens is 277 g/mol. The molecular formula is C10H9BrFN3O. The fraction of sp³-hybridized carbons (Fsp3) is 0.200. The zero-order valence-corrected chi connectivity index (χ0v) is 9.78. The highest BCUT2D eigenvalue weighted by atomic mass is 79.9. The van der Waals surface area contributed by atoms with Gasteiger partial charge in [0, 0.05) is 10.9 Å². The number of hydrogen-bond donors (Lipinski definition) is 2. The molecule has 2 aromatic rings. The maximum atomic E-state index is 13.1. The molecule has 1 aromatic carbocycles. The Hall–Kier alpha value is -1.27. The van der Waals surface area contributed by atoms with Crippen molar-refractivity contribution in [1.29, 1.82) is 0 Å². The number of aliphatic hydroxyl groups is 1. The number of benzene rings is 1. The summed E-state index contributed by atoms with van der Waals surface area (Å²) in [5, 5.41) is 16.0. The summed E-state index contributed by atoms with van der Waals surface area (Å²) in [7, 11) is 0. The number of rotatable bonds is 3. The summed E-state index contributed by atoms with van der Waals surface area (Å²) in [5.41, 5.74) is 0.691. The van der Waals surface area contributed by atoms with Crippen molar-refractivity contribution >= 4 is 15.9 Å². The highest BCUT2D eigenvalue weighted by Crippen LogP contribution is 2.19. The van der Waals surface area contributed by atoms with E-state index in [-0.39, 0.29) is 12.2 Å². The number of aromatic amines is 1. The lowest BCUT2D eigenvalue weighted by atomic mass is 10.1. The van der Waals surface area contributed by atoms with Gasteiger partial charge in [-0.25, -0.2) is 9.37 Å². The quantitative estimate of drug-likeness (QED) is 0.907. The predicted molar refractivity (Wildman–Crippen MR) is 59.1 cm³/mol. The summed E-state index contributed by atoms with van der Waals surface area (Å²) in [5.74, 6) is 0.0366. The van der Waals surface area contributed by atoms with Crippen LogP contribution in [0.15, 0.2) is 29.0 Å². The molecule has 0 fully saturated rings. The maximum absolute atomic E-state index is 13.1. The zero-order valence-electron chi connectivity index (χ0n) is 8.19. The van der Waals surface area contributed by atoms with E-state index in [2.05, 4.69) is 31.1 Å². The third-order valence-electron chi connectivity index (χ3n) is 2.10. The van der Waals surface area contributed by atoms with Gasteiger partial charge in [0.15, 0.2) is 5.82 Å². The van der Waals surface area contributed by atoms with E-state index in [0.29, 0.717) is 15.9 Å². The minimum atomic E-state index is -0.809. The summed E-state index contributed by atoms with van der Waals surface area (Å²) in [6, 6.07) is 4.50. The molecule has 16 heavy (non-hydrogen) atoms. The molecule has 6 heteroatoms. The van der Waals surface area contributed by atoms with Crippen LogP contribution in [0.4, 0.5) is 4.39 Å². The molecule has 2 N–H and O–H groups in total. The highest BCUT2D eigenvalue weighted by Gasteiger charge is 2.12. The number of nitrogens with one attached hydrogen (secondary N) is 1. The van der Waals surface area contributed by atoms with Crippen molar-refractivity contribution in [3.63, 3.8) is 0 Å². The Balaban J connectivity index is 2.15. The molecule has 0 aliphatic rings. The lowest BCUT2D eigenvalue weighted by molar-refractivity contribution is 0.168. The minimum absolute atomic E-state index is 0.283. The van der Waals surface area contributed by atoms with Crippen LogP contribution in [0.25, 0.3) is 0 Å². The molecule has 84 valence electrons. The van der Waals surface area contributed by atoms with Gasteiger partial charge in [-0.1, -0.05) is 15.9 Å². The molecule has 0 spiro atoms. The average molecular weight is 286 g/mol. The fourth-order valence-corrected chi connectivity index (χ4v) is 1.94. The first-order valence-electron chi connectivity index (χ1n) is 4.63. The van der Waals surface area contributed by atoms with E-state index in [1.165, 1.54) is 18.5 Å². The van der Waals surface area contributed by atoms with Gasteiger partial charge in [0.2, 0.25) is 0 Å². The van der Waals surface area contributed by atoms with Crippen LogP contribution < -0.4 is 0 Å². The van der Waals surface area contributed by atoms with Crippen LogP contribution in [0.3, 0.4) is 0 Å². The van der Waals surface area contributed by atoms with Crippen molar-refractivity contribution in [3.8, 4) is 0 Å². The molecule has 1 heterocycles. The first-order valence-corrected chi connectivity index (χ1v) is 5.43. The molecule has 0 aliphatic carbocycles. The molecule has 0 saturated heterocycles. The molecule has 1 unspecified atom stereocenters. The topological polar surface area (TPSA) is 61.8 Å². The zero-order chi connectivity index (χ0) is 11.5. The van der Waals surface area contributed by atoms with E-state index in [1.54, 1.807) is 6.07 Å². The molecule has 0 bridgehead atoms. The minimum Gasteiger partial charge on any atom is -0.385 e.